The molecule has 0 saturated carbocycles. The number of hydrogen-bond acceptors (Lipinski definition) is 3. The molecule has 0 amide bonds. The summed E-state index contributed by atoms with van der Waals surface area (Å²) in [7, 11) is 0. The van der Waals surface area contributed by atoms with E-state index in [1.165, 1.54) is 64.2 Å². The van der Waals surface area contributed by atoms with Gasteiger partial charge in [0.05, 0.1) is 13.2 Å². The Hall–Kier alpha value is -1.74. The highest BCUT2D eigenvalue weighted by Crippen LogP contribution is 2.29. The van der Waals surface area contributed by atoms with Gasteiger partial charge in [0, 0.05) is 11.8 Å². The second-order valence-electron chi connectivity index (χ2n) is 8.27. The van der Waals surface area contributed by atoms with E-state index in [1.54, 1.807) is 0 Å². The minimum Gasteiger partial charge on any atom is -0.494 e. The van der Waals surface area contributed by atoms with Gasteiger partial charge >= 0.3 is 0 Å². The van der Waals surface area contributed by atoms with E-state index >= 15 is 0 Å². The molecule has 31 heavy (non-hydrogen) atoms. The molecule has 0 fully saturated rings. The van der Waals surface area contributed by atoms with Crippen molar-refractivity contribution in [2.24, 2.45) is 0 Å². The third-order valence-corrected chi connectivity index (χ3v) is 5.77. The number of rotatable bonds is 17. The van der Waals surface area contributed by atoms with Gasteiger partial charge in [0.15, 0.2) is 0 Å². The van der Waals surface area contributed by atoms with Crippen molar-refractivity contribution in [1.82, 2.24) is 4.98 Å². The fourth-order valence-electron chi connectivity index (χ4n) is 3.56. The van der Waals surface area contributed by atoms with Crippen molar-refractivity contribution < 1.29 is 9.47 Å². The molecule has 0 aliphatic carbocycles. The van der Waals surface area contributed by atoms with Crippen molar-refractivity contribution in [3.8, 4) is 22.8 Å². The van der Waals surface area contributed by atoms with Crippen LogP contribution in [0, 0.1) is 0 Å². The first kappa shape index (κ1) is 25.5. The van der Waals surface area contributed by atoms with Gasteiger partial charge in [-0.25, -0.2) is 4.98 Å². The third kappa shape index (κ3) is 10.4. The summed E-state index contributed by atoms with van der Waals surface area (Å²) >= 11 is 6.41. The lowest BCUT2D eigenvalue weighted by atomic mass is 10.1. The monoisotopic (exact) mass is 445 g/mol. The van der Waals surface area contributed by atoms with Crippen LogP contribution in [-0.4, -0.2) is 18.2 Å². The quantitative estimate of drug-likeness (QED) is 0.228. The van der Waals surface area contributed by atoms with Gasteiger partial charge in [-0.2, -0.15) is 0 Å². The predicted molar refractivity (Wildman–Crippen MR) is 132 cm³/mol. The van der Waals surface area contributed by atoms with Crippen molar-refractivity contribution >= 4 is 11.6 Å². The van der Waals surface area contributed by atoms with E-state index in [2.05, 4.69) is 31.0 Å². The molecule has 0 spiro atoms. The van der Waals surface area contributed by atoms with Gasteiger partial charge in [0.2, 0.25) is 5.88 Å². The van der Waals surface area contributed by atoms with Crippen molar-refractivity contribution in [2.75, 3.05) is 13.2 Å². The first-order chi connectivity index (χ1) is 15.2. The standard InChI is InChI=1S/C27H40ClNO2/c1-3-5-7-9-11-13-19-30-25-17-15-23(16-18-25)24-21-26(28)27(29-22-24)31-20-14-12-10-8-6-4-2/h15-18,21-22H,3-14,19-20H2,1-2H3. The smallest absolute Gasteiger partial charge is 0.232 e. The molecule has 4 heteroatoms. The van der Waals surface area contributed by atoms with Crippen LogP contribution in [0.25, 0.3) is 11.1 Å². The zero-order valence-electron chi connectivity index (χ0n) is 19.5. The molecule has 0 unspecified atom stereocenters. The van der Waals surface area contributed by atoms with Gasteiger partial charge in [-0.3, -0.25) is 0 Å². The number of unbranched alkanes of at least 4 members (excludes halogenated alkanes) is 10. The summed E-state index contributed by atoms with van der Waals surface area (Å²) in [5.74, 6) is 1.44. The van der Waals surface area contributed by atoms with Gasteiger partial charge in [0.1, 0.15) is 10.8 Å². The Morgan fingerprint density at radius 1 is 0.677 bits per heavy atom. The zero-order valence-corrected chi connectivity index (χ0v) is 20.3. The summed E-state index contributed by atoms with van der Waals surface area (Å²) in [6.45, 7) is 5.93. The van der Waals surface area contributed by atoms with Gasteiger partial charge in [-0.15, -0.1) is 0 Å². The average Bonchev–Trinajstić information content (AvgIpc) is 2.79. The van der Waals surface area contributed by atoms with Crippen LogP contribution in [0.5, 0.6) is 11.6 Å². The van der Waals surface area contributed by atoms with Gasteiger partial charge in [-0.05, 0) is 36.6 Å². The molecule has 0 aliphatic heterocycles. The van der Waals surface area contributed by atoms with E-state index in [-0.39, 0.29) is 0 Å². The lowest BCUT2D eigenvalue weighted by molar-refractivity contribution is 0.293. The molecule has 1 aromatic heterocycles. The predicted octanol–water partition coefficient (Wildman–Crippen LogP) is 8.88. The van der Waals surface area contributed by atoms with Crippen LogP contribution < -0.4 is 9.47 Å². The topological polar surface area (TPSA) is 31.4 Å². The number of hydrogen-bond donors (Lipinski definition) is 0. The van der Waals surface area contributed by atoms with Crippen LogP contribution in [0.1, 0.15) is 90.9 Å². The molecule has 0 aliphatic rings. The summed E-state index contributed by atoms with van der Waals surface area (Å²) < 4.78 is 11.6. The fourth-order valence-corrected chi connectivity index (χ4v) is 3.78. The molecule has 2 rings (SSSR count). The summed E-state index contributed by atoms with van der Waals surface area (Å²) in [5, 5.41) is 0.562. The minimum absolute atomic E-state index is 0.526. The molecule has 1 heterocycles. The Kier molecular flexibility index (Phi) is 13.1. The van der Waals surface area contributed by atoms with E-state index in [9.17, 15) is 0 Å². The highest BCUT2D eigenvalue weighted by molar-refractivity contribution is 6.32. The van der Waals surface area contributed by atoms with E-state index in [0.29, 0.717) is 17.5 Å². The highest BCUT2D eigenvalue weighted by atomic mass is 35.5. The summed E-state index contributed by atoms with van der Waals surface area (Å²) in [5.41, 5.74) is 2.06. The molecule has 2 aromatic rings. The molecule has 0 atom stereocenters. The number of pyridine rings is 1. The highest BCUT2D eigenvalue weighted by Gasteiger charge is 2.07. The van der Waals surface area contributed by atoms with Crippen LogP contribution in [0.15, 0.2) is 36.5 Å². The molecular formula is C27H40ClNO2. The normalized spacial score (nSPS) is 10.9. The SMILES string of the molecule is CCCCCCCCOc1ccc(-c2cnc(OCCCCCCCC)c(Cl)c2)cc1. The maximum Gasteiger partial charge on any atom is 0.232 e. The molecule has 3 nitrogen and oxygen atoms in total. The molecule has 0 radical (unpaired) electrons. The molecule has 1 aromatic carbocycles. The van der Waals surface area contributed by atoms with Crippen LogP contribution in [0.2, 0.25) is 5.02 Å². The maximum absolute atomic E-state index is 6.41. The molecular weight excluding hydrogens is 406 g/mol. The van der Waals surface area contributed by atoms with Gasteiger partial charge < -0.3 is 9.47 Å². The Labute approximate surface area is 194 Å². The second kappa shape index (κ2) is 16.0. The Balaban J connectivity index is 1.73. The second-order valence-corrected chi connectivity index (χ2v) is 8.68. The minimum atomic E-state index is 0.526. The Morgan fingerprint density at radius 3 is 1.81 bits per heavy atom. The van der Waals surface area contributed by atoms with Crippen molar-refractivity contribution in [2.45, 2.75) is 90.9 Å². The number of aromatic nitrogens is 1. The fraction of sp³-hybridized carbons (Fsp3) is 0.593. The first-order valence-electron chi connectivity index (χ1n) is 12.3. The van der Waals surface area contributed by atoms with Crippen LogP contribution in [0.3, 0.4) is 0 Å². The van der Waals surface area contributed by atoms with E-state index < -0.39 is 0 Å². The molecule has 0 saturated heterocycles. The lowest BCUT2D eigenvalue weighted by Gasteiger charge is -2.10. The average molecular weight is 446 g/mol. The molecule has 172 valence electrons. The Morgan fingerprint density at radius 2 is 1.23 bits per heavy atom. The Bertz CT molecular complexity index is 718. The largest absolute Gasteiger partial charge is 0.494 e. The van der Waals surface area contributed by atoms with Crippen molar-refractivity contribution in [3.63, 3.8) is 0 Å². The molecule has 0 N–H and O–H groups in total. The summed E-state index contributed by atoms with van der Waals surface area (Å²) in [6, 6.07) is 10.1. The first-order valence-corrected chi connectivity index (χ1v) is 12.6. The van der Waals surface area contributed by atoms with Crippen molar-refractivity contribution in [1.29, 1.82) is 0 Å². The van der Waals surface area contributed by atoms with Crippen LogP contribution >= 0.6 is 11.6 Å². The van der Waals surface area contributed by atoms with Crippen LogP contribution in [0.4, 0.5) is 0 Å². The third-order valence-electron chi connectivity index (χ3n) is 5.50. The van der Waals surface area contributed by atoms with Crippen LogP contribution in [-0.2, 0) is 0 Å². The van der Waals surface area contributed by atoms with E-state index in [4.69, 9.17) is 21.1 Å². The zero-order chi connectivity index (χ0) is 22.2. The maximum atomic E-state index is 6.41. The van der Waals surface area contributed by atoms with E-state index in [1.807, 2.05) is 24.4 Å². The summed E-state index contributed by atoms with van der Waals surface area (Å²) in [4.78, 5) is 4.43. The van der Waals surface area contributed by atoms with Crippen molar-refractivity contribution in [3.05, 3.63) is 41.6 Å². The number of nitrogens with zero attached hydrogens (tertiary/aromatic N) is 1. The van der Waals surface area contributed by atoms with Gasteiger partial charge in [-0.1, -0.05) is 102 Å². The van der Waals surface area contributed by atoms with Gasteiger partial charge in [0.25, 0.3) is 0 Å². The number of halogens is 1. The number of ether oxygens (including phenoxy) is 2. The lowest BCUT2D eigenvalue weighted by Crippen LogP contribution is -2.00. The molecule has 0 bridgehead atoms. The summed E-state index contributed by atoms with van der Waals surface area (Å²) in [6.07, 6.45) is 16.9. The van der Waals surface area contributed by atoms with E-state index in [0.717, 1.165) is 36.3 Å². The number of benzene rings is 1.